The Morgan fingerprint density at radius 1 is 0.966 bits per heavy atom. The standard InChI is InChI=1S/C19H16ClN3O4S2/c20-14-5-7-15(8-6-14)22-19(25)23-29(26,27)16-9-3-13(4-10-16)12-21-18(24)17-2-1-11-28-17/h1-11H,12H2,(H,21,24)(H2,22,23,25). The van der Waals surface area contributed by atoms with Crippen LogP contribution in [0.5, 0.6) is 0 Å². The summed E-state index contributed by atoms with van der Waals surface area (Å²) in [5.41, 5.74) is 1.12. The molecule has 0 saturated carbocycles. The van der Waals surface area contributed by atoms with Gasteiger partial charge in [0.05, 0.1) is 9.77 Å². The van der Waals surface area contributed by atoms with Crippen LogP contribution in [0, 0.1) is 0 Å². The van der Waals surface area contributed by atoms with Crippen molar-refractivity contribution < 1.29 is 18.0 Å². The number of sulfonamides is 1. The topological polar surface area (TPSA) is 104 Å². The lowest BCUT2D eigenvalue weighted by Crippen LogP contribution is -2.34. The van der Waals surface area contributed by atoms with Crippen LogP contribution in [0.15, 0.2) is 70.9 Å². The summed E-state index contributed by atoms with van der Waals surface area (Å²) in [6.07, 6.45) is 0. The molecule has 0 aliphatic rings. The van der Waals surface area contributed by atoms with E-state index in [1.807, 2.05) is 10.1 Å². The smallest absolute Gasteiger partial charge is 0.333 e. The van der Waals surface area contributed by atoms with Gasteiger partial charge < -0.3 is 10.6 Å². The molecule has 3 amide bonds. The fraction of sp³-hybridized carbons (Fsp3) is 0.0526. The van der Waals surface area contributed by atoms with E-state index in [9.17, 15) is 18.0 Å². The maximum absolute atomic E-state index is 12.4. The molecule has 29 heavy (non-hydrogen) atoms. The molecule has 1 heterocycles. The molecule has 0 saturated heterocycles. The summed E-state index contributed by atoms with van der Waals surface area (Å²) in [5.74, 6) is -0.197. The highest BCUT2D eigenvalue weighted by Crippen LogP contribution is 2.15. The van der Waals surface area contributed by atoms with E-state index in [4.69, 9.17) is 11.6 Å². The zero-order valence-electron chi connectivity index (χ0n) is 14.9. The Balaban J connectivity index is 1.58. The number of halogens is 1. The van der Waals surface area contributed by atoms with Crippen molar-refractivity contribution in [3.8, 4) is 0 Å². The van der Waals surface area contributed by atoms with Crippen molar-refractivity contribution >= 4 is 50.6 Å². The minimum Gasteiger partial charge on any atom is -0.347 e. The highest BCUT2D eigenvalue weighted by molar-refractivity contribution is 7.90. The van der Waals surface area contributed by atoms with Gasteiger partial charge in [0.1, 0.15) is 0 Å². The summed E-state index contributed by atoms with van der Waals surface area (Å²) in [6.45, 7) is 0.252. The van der Waals surface area contributed by atoms with Crippen LogP contribution in [0.4, 0.5) is 10.5 Å². The van der Waals surface area contributed by atoms with Crippen LogP contribution in [0.1, 0.15) is 15.2 Å². The van der Waals surface area contributed by atoms with E-state index in [0.29, 0.717) is 15.6 Å². The van der Waals surface area contributed by atoms with E-state index >= 15 is 0 Å². The zero-order valence-corrected chi connectivity index (χ0v) is 17.3. The van der Waals surface area contributed by atoms with Crippen molar-refractivity contribution in [3.05, 3.63) is 81.5 Å². The highest BCUT2D eigenvalue weighted by atomic mass is 35.5. The predicted molar refractivity (Wildman–Crippen MR) is 113 cm³/mol. The number of benzene rings is 2. The molecule has 7 nitrogen and oxygen atoms in total. The second-order valence-corrected chi connectivity index (χ2v) is 8.94. The van der Waals surface area contributed by atoms with Gasteiger partial charge in [-0.25, -0.2) is 17.9 Å². The van der Waals surface area contributed by atoms with Crippen molar-refractivity contribution in [2.45, 2.75) is 11.4 Å². The molecule has 0 fully saturated rings. The number of nitrogens with one attached hydrogen (secondary N) is 3. The third kappa shape index (κ3) is 5.80. The number of urea groups is 1. The number of amides is 3. The predicted octanol–water partition coefficient (Wildman–Crippen LogP) is 3.84. The van der Waals surface area contributed by atoms with Gasteiger partial charge >= 0.3 is 6.03 Å². The number of hydrogen-bond acceptors (Lipinski definition) is 5. The summed E-state index contributed by atoms with van der Waals surface area (Å²) < 4.78 is 26.7. The summed E-state index contributed by atoms with van der Waals surface area (Å²) in [6, 6.07) is 14.7. The summed E-state index contributed by atoms with van der Waals surface area (Å²) in [4.78, 5) is 24.4. The van der Waals surface area contributed by atoms with Crippen molar-refractivity contribution in [2.75, 3.05) is 5.32 Å². The lowest BCUT2D eigenvalue weighted by Gasteiger charge is -2.10. The molecule has 0 atom stereocenters. The first-order chi connectivity index (χ1) is 13.8. The Morgan fingerprint density at radius 2 is 1.66 bits per heavy atom. The molecule has 0 radical (unpaired) electrons. The van der Waals surface area contributed by atoms with Crippen molar-refractivity contribution in [1.29, 1.82) is 0 Å². The van der Waals surface area contributed by atoms with Gasteiger partial charge in [-0.15, -0.1) is 11.3 Å². The van der Waals surface area contributed by atoms with Crippen LogP contribution in [-0.4, -0.2) is 20.4 Å². The quantitative estimate of drug-likeness (QED) is 0.531. The zero-order chi connectivity index (χ0) is 20.9. The number of thiophene rings is 1. The van der Waals surface area contributed by atoms with E-state index in [1.165, 1.54) is 23.5 Å². The maximum atomic E-state index is 12.4. The van der Waals surface area contributed by atoms with E-state index in [2.05, 4.69) is 10.6 Å². The van der Waals surface area contributed by atoms with Crippen LogP contribution in [-0.2, 0) is 16.6 Å². The van der Waals surface area contributed by atoms with Crippen LogP contribution in [0.25, 0.3) is 0 Å². The van der Waals surface area contributed by atoms with Gasteiger partial charge in [0.15, 0.2) is 0 Å². The molecule has 0 bridgehead atoms. The van der Waals surface area contributed by atoms with Gasteiger partial charge in [-0.05, 0) is 53.4 Å². The molecule has 1 aromatic heterocycles. The van der Waals surface area contributed by atoms with Crippen LogP contribution >= 0.6 is 22.9 Å². The first-order valence-corrected chi connectivity index (χ1v) is 11.1. The van der Waals surface area contributed by atoms with Gasteiger partial charge in [-0.3, -0.25) is 4.79 Å². The number of carbonyl (C=O) groups is 2. The SMILES string of the molecule is O=C(Nc1ccc(Cl)cc1)NS(=O)(=O)c1ccc(CNC(=O)c2cccs2)cc1. The third-order valence-electron chi connectivity index (χ3n) is 3.76. The molecule has 0 aliphatic heterocycles. The largest absolute Gasteiger partial charge is 0.347 e. The normalized spacial score (nSPS) is 10.9. The van der Waals surface area contributed by atoms with Gasteiger partial charge in [0.2, 0.25) is 0 Å². The van der Waals surface area contributed by atoms with Gasteiger partial charge in [-0.1, -0.05) is 29.8 Å². The Bertz CT molecular complexity index is 1100. The molecule has 150 valence electrons. The minimum atomic E-state index is -4.05. The second-order valence-electron chi connectivity index (χ2n) is 5.87. The second kappa shape index (κ2) is 9.08. The Kier molecular flexibility index (Phi) is 6.53. The monoisotopic (exact) mass is 449 g/mol. The lowest BCUT2D eigenvalue weighted by molar-refractivity contribution is 0.0955. The Labute approximate surface area is 176 Å². The van der Waals surface area contributed by atoms with E-state index in [1.54, 1.807) is 48.5 Å². The van der Waals surface area contributed by atoms with E-state index < -0.39 is 16.1 Å². The molecule has 0 spiro atoms. The van der Waals surface area contributed by atoms with E-state index in [-0.39, 0.29) is 17.3 Å². The van der Waals surface area contributed by atoms with E-state index in [0.717, 1.165) is 5.56 Å². The molecule has 3 N–H and O–H groups in total. The van der Waals surface area contributed by atoms with Gasteiger partial charge in [-0.2, -0.15) is 0 Å². The molecule has 3 aromatic rings. The fourth-order valence-electron chi connectivity index (χ4n) is 2.33. The highest BCUT2D eigenvalue weighted by Gasteiger charge is 2.17. The Hall–Kier alpha value is -2.88. The molecule has 0 unspecified atom stereocenters. The fourth-order valence-corrected chi connectivity index (χ4v) is 4.01. The Morgan fingerprint density at radius 3 is 2.28 bits per heavy atom. The van der Waals surface area contributed by atoms with Crippen LogP contribution in [0.3, 0.4) is 0 Å². The third-order valence-corrected chi connectivity index (χ3v) is 6.23. The van der Waals surface area contributed by atoms with Crippen molar-refractivity contribution in [2.24, 2.45) is 0 Å². The average Bonchev–Trinajstić information content (AvgIpc) is 3.23. The summed E-state index contributed by atoms with van der Waals surface area (Å²) in [7, 11) is -4.05. The maximum Gasteiger partial charge on any atom is 0.333 e. The molecule has 3 rings (SSSR count). The van der Waals surface area contributed by atoms with Crippen molar-refractivity contribution in [3.63, 3.8) is 0 Å². The first kappa shape index (κ1) is 20.8. The van der Waals surface area contributed by atoms with Crippen molar-refractivity contribution in [1.82, 2.24) is 10.0 Å². The average molecular weight is 450 g/mol. The number of rotatable bonds is 6. The van der Waals surface area contributed by atoms with Crippen LogP contribution in [0.2, 0.25) is 5.02 Å². The summed E-state index contributed by atoms with van der Waals surface area (Å²) in [5, 5.41) is 7.48. The summed E-state index contributed by atoms with van der Waals surface area (Å²) >= 11 is 7.10. The van der Waals surface area contributed by atoms with Crippen LogP contribution < -0.4 is 15.4 Å². The number of hydrogen-bond donors (Lipinski definition) is 3. The first-order valence-electron chi connectivity index (χ1n) is 8.33. The molecular formula is C19H16ClN3O4S2. The molecular weight excluding hydrogens is 434 g/mol. The van der Waals surface area contributed by atoms with Gasteiger partial charge in [0.25, 0.3) is 15.9 Å². The van der Waals surface area contributed by atoms with Gasteiger partial charge in [0, 0.05) is 17.3 Å². The molecule has 10 heteroatoms. The lowest BCUT2D eigenvalue weighted by atomic mass is 10.2. The molecule has 0 aliphatic carbocycles. The number of anilines is 1. The number of carbonyl (C=O) groups excluding carboxylic acids is 2. The minimum absolute atomic E-state index is 0.0721. The molecule has 2 aromatic carbocycles.